The van der Waals surface area contributed by atoms with Gasteiger partial charge in [0, 0.05) is 29.6 Å². The number of aromatic nitrogens is 2. The molecule has 3 N–H and O–H groups in total. The summed E-state index contributed by atoms with van der Waals surface area (Å²) in [7, 11) is 0. The lowest BCUT2D eigenvalue weighted by Gasteiger charge is -2.31. The van der Waals surface area contributed by atoms with Crippen molar-refractivity contribution in [1.29, 1.82) is 0 Å². The first-order valence-corrected chi connectivity index (χ1v) is 8.13. The van der Waals surface area contributed by atoms with Gasteiger partial charge < -0.3 is 5.73 Å². The maximum Gasteiger partial charge on any atom is 0.269 e. The lowest BCUT2D eigenvalue weighted by molar-refractivity contribution is 0.0995. The van der Waals surface area contributed by atoms with Crippen LogP contribution in [0.1, 0.15) is 39.8 Å². The Labute approximate surface area is 132 Å². The molecule has 0 bridgehead atoms. The number of aromatic amines is 1. The van der Waals surface area contributed by atoms with Gasteiger partial charge in [-0.15, -0.1) is 11.3 Å². The second-order valence-electron chi connectivity index (χ2n) is 5.35. The van der Waals surface area contributed by atoms with E-state index in [0.717, 1.165) is 42.5 Å². The zero-order valence-electron chi connectivity index (χ0n) is 11.5. The number of primary amides is 1. The Hall–Kier alpha value is -1.37. The number of carbonyl (C=O) groups is 1. The Bertz CT molecular complexity index is 638. The van der Waals surface area contributed by atoms with Gasteiger partial charge in [0.05, 0.1) is 4.34 Å². The van der Waals surface area contributed by atoms with E-state index in [2.05, 4.69) is 21.2 Å². The molecule has 2 aromatic rings. The molecule has 3 rings (SSSR count). The number of thiophene rings is 1. The van der Waals surface area contributed by atoms with Crippen molar-refractivity contribution in [1.82, 2.24) is 15.1 Å². The van der Waals surface area contributed by atoms with E-state index in [1.165, 1.54) is 4.88 Å². The Morgan fingerprint density at radius 3 is 3.10 bits per heavy atom. The van der Waals surface area contributed by atoms with E-state index in [0.29, 0.717) is 11.6 Å². The van der Waals surface area contributed by atoms with Crippen molar-refractivity contribution >= 4 is 28.8 Å². The molecule has 0 unspecified atom stereocenters. The van der Waals surface area contributed by atoms with Crippen LogP contribution in [0, 0.1) is 0 Å². The molecule has 3 heterocycles. The van der Waals surface area contributed by atoms with E-state index in [4.69, 9.17) is 17.3 Å². The number of H-pyrrole nitrogens is 1. The summed E-state index contributed by atoms with van der Waals surface area (Å²) < 4.78 is 0.832. The van der Waals surface area contributed by atoms with Crippen LogP contribution in [0.15, 0.2) is 18.2 Å². The summed E-state index contributed by atoms with van der Waals surface area (Å²) >= 11 is 7.61. The minimum absolute atomic E-state index is 0.312. The molecule has 7 heteroatoms. The Kier molecular flexibility index (Phi) is 4.28. The smallest absolute Gasteiger partial charge is 0.269 e. The summed E-state index contributed by atoms with van der Waals surface area (Å²) in [4.78, 5) is 14.8. The molecule has 1 aliphatic heterocycles. The number of nitrogens with two attached hydrogens (primary N) is 1. The normalized spacial score (nSPS) is 19.8. The van der Waals surface area contributed by atoms with Gasteiger partial charge >= 0.3 is 0 Å². The van der Waals surface area contributed by atoms with Gasteiger partial charge in [-0.3, -0.25) is 14.8 Å². The van der Waals surface area contributed by atoms with E-state index in [-0.39, 0.29) is 0 Å². The molecule has 21 heavy (non-hydrogen) atoms. The third-order valence-electron chi connectivity index (χ3n) is 3.80. The molecule has 2 aromatic heterocycles. The van der Waals surface area contributed by atoms with Crippen LogP contribution in [0.2, 0.25) is 4.34 Å². The molecule has 0 aliphatic carbocycles. The molecule has 1 saturated heterocycles. The van der Waals surface area contributed by atoms with Crippen LogP contribution < -0.4 is 5.73 Å². The average molecular weight is 325 g/mol. The Balaban J connectivity index is 1.66. The van der Waals surface area contributed by atoms with Crippen LogP contribution in [-0.2, 0) is 6.54 Å². The largest absolute Gasteiger partial charge is 0.364 e. The first kappa shape index (κ1) is 14.6. The zero-order valence-corrected chi connectivity index (χ0v) is 13.1. The SMILES string of the molecule is NC(=O)c1cc([C@H]2CCCN(Cc3ccc(Cl)s3)C2)[nH]n1. The molecular formula is C14H17ClN4OS. The van der Waals surface area contributed by atoms with Crippen LogP contribution in [-0.4, -0.2) is 34.1 Å². The first-order chi connectivity index (χ1) is 10.1. The summed E-state index contributed by atoms with van der Waals surface area (Å²) in [5, 5.41) is 6.92. The monoisotopic (exact) mass is 324 g/mol. The van der Waals surface area contributed by atoms with Crippen molar-refractivity contribution in [3.8, 4) is 0 Å². The second kappa shape index (κ2) is 6.17. The molecule has 0 saturated carbocycles. The van der Waals surface area contributed by atoms with Crippen LogP contribution in [0.4, 0.5) is 0 Å². The van der Waals surface area contributed by atoms with Gasteiger partial charge in [-0.05, 0) is 37.6 Å². The molecule has 112 valence electrons. The van der Waals surface area contributed by atoms with E-state index < -0.39 is 5.91 Å². The fourth-order valence-electron chi connectivity index (χ4n) is 2.78. The summed E-state index contributed by atoms with van der Waals surface area (Å²) in [6.45, 7) is 2.96. The van der Waals surface area contributed by atoms with Crippen molar-refractivity contribution in [3.63, 3.8) is 0 Å². The van der Waals surface area contributed by atoms with Crippen LogP contribution in [0.25, 0.3) is 0 Å². The summed E-state index contributed by atoms with van der Waals surface area (Å²) in [5.74, 6) is -0.117. The lowest BCUT2D eigenvalue weighted by Crippen LogP contribution is -2.33. The minimum atomic E-state index is -0.488. The number of nitrogens with one attached hydrogen (secondary N) is 1. The molecule has 1 amide bonds. The quantitative estimate of drug-likeness (QED) is 0.907. The average Bonchev–Trinajstić information content (AvgIpc) is 3.08. The highest BCUT2D eigenvalue weighted by Gasteiger charge is 2.23. The molecule has 0 radical (unpaired) electrons. The Morgan fingerprint density at radius 1 is 1.57 bits per heavy atom. The van der Waals surface area contributed by atoms with Crippen molar-refractivity contribution in [2.75, 3.05) is 13.1 Å². The van der Waals surface area contributed by atoms with Gasteiger partial charge in [-0.25, -0.2) is 0 Å². The van der Waals surface area contributed by atoms with Crippen LogP contribution in [0.5, 0.6) is 0 Å². The predicted octanol–water partition coefficient (Wildman–Crippen LogP) is 2.60. The molecule has 0 spiro atoms. The molecule has 5 nitrogen and oxygen atoms in total. The number of piperidine rings is 1. The number of nitrogens with zero attached hydrogens (tertiary/aromatic N) is 2. The maximum atomic E-state index is 11.1. The van der Waals surface area contributed by atoms with E-state index in [1.54, 1.807) is 17.4 Å². The maximum absolute atomic E-state index is 11.1. The molecule has 1 atom stereocenters. The topological polar surface area (TPSA) is 75.0 Å². The van der Waals surface area contributed by atoms with Gasteiger partial charge in [-0.2, -0.15) is 5.10 Å². The highest BCUT2D eigenvalue weighted by atomic mass is 35.5. The van der Waals surface area contributed by atoms with Crippen LogP contribution in [0.3, 0.4) is 0 Å². The van der Waals surface area contributed by atoms with Crippen molar-refractivity contribution in [2.24, 2.45) is 5.73 Å². The molecule has 0 aromatic carbocycles. The summed E-state index contributed by atoms with van der Waals surface area (Å²) in [6.07, 6.45) is 2.23. The second-order valence-corrected chi connectivity index (χ2v) is 7.15. The van der Waals surface area contributed by atoms with Gasteiger partial charge in [0.2, 0.25) is 0 Å². The number of amides is 1. The zero-order chi connectivity index (χ0) is 14.8. The molecule has 1 fully saturated rings. The van der Waals surface area contributed by atoms with E-state index >= 15 is 0 Å². The predicted molar refractivity (Wildman–Crippen MR) is 83.7 cm³/mol. The fourth-order valence-corrected chi connectivity index (χ4v) is 3.91. The Morgan fingerprint density at radius 2 is 2.43 bits per heavy atom. The van der Waals surface area contributed by atoms with Crippen molar-refractivity contribution in [2.45, 2.75) is 25.3 Å². The van der Waals surface area contributed by atoms with E-state index in [9.17, 15) is 4.79 Å². The van der Waals surface area contributed by atoms with E-state index in [1.807, 2.05) is 6.07 Å². The number of hydrogen-bond acceptors (Lipinski definition) is 4. The first-order valence-electron chi connectivity index (χ1n) is 6.93. The molecular weight excluding hydrogens is 308 g/mol. The van der Waals surface area contributed by atoms with Gasteiger partial charge in [0.25, 0.3) is 5.91 Å². The summed E-state index contributed by atoms with van der Waals surface area (Å²) in [6, 6.07) is 5.80. The van der Waals surface area contributed by atoms with Gasteiger partial charge in [0.15, 0.2) is 0 Å². The van der Waals surface area contributed by atoms with Gasteiger partial charge in [0.1, 0.15) is 5.69 Å². The highest BCUT2D eigenvalue weighted by Crippen LogP contribution is 2.29. The number of carbonyl (C=O) groups excluding carboxylic acids is 1. The standard InChI is InChI=1S/C14H17ClN4OS/c15-13-4-3-10(21-13)8-19-5-1-2-9(7-19)11-6-12(14(16)20)18-17-11/h3-4,6,9H,1-2,5,7-8H2,(H2,16,20)(H,17,18)/t9-/m0/s1. The highest BCUT2D eigenvalue weighted by molar-refractivity contribution is 7.16. The minimum Gasteiger partial charge on any atom is -0.364 e. The summed E-state index contributed by atoms with van der Waals surface area (Å²) in [5.41, 5.74) is 6.56. The van der Waals surface area contributed by atoms with Gasteiger partial charge in [-0.1, -0.05) is 11.6 Å². The fraction of sp³-hybridized carbons (Fsp3) is 0.429. The molecule has 1 aliphatic rings. The number of hydrogen-bond donors (Lipinski definition) is 2. The van der Waals surface area contributed by atoms with Crippen molar-refractivity contribution in [3.05, 3.63) is 38.8 Å². The lowest BCUT2D eigenvalue weighted by atomic mass is 9.94. The third kappa shape index (κ3) is 3.45. The van der Waals surface area contributed by atoms with Crippen LogP contribution >= 0.6 is 22.9 Å². The number of rotatable bonds is 4. The third-order valence-corrected chi connectivity index (χ3v) is 5.02. The number of likely N-dealkylation sites (tertiary alicyclic amines) is 1. The van der Waals surface area contributed by atoms with Crippen molar-refractivity contribution < 1.29 is 4.79 Å². The number of halogens is 1.